The van der Waals surface area contributed by atoms with Crippen LogP contribution < -0.4 is 5.32 Å². The van der Waals surface area contributed by atoms with Crippen molar-refractivity contribution < 1.29 is 9.90 Å². The van der Waals surface area contributed by atoms with E-state index in [2.05, 4.69) is 25.0 Å². The predicted octanol–water partition coefficient (Wildman–Crippen LogP) is 7.04. The number of carboxylic acids is 1. The van der Waals surface area contributed by atoms with Crippen molar-refractivity contribution >= 4 is 19.7 Å². The van der Waals surface area contributed by atoms with Gasteiger partial charge in [-0.2, -0.15) is 0 Å². The molecule has 26 heavy (non-hydrogen) atoms. The number of hydrogen-bond acceptors (Lipinski definition) is 2. The topological polar surface area (TPSA) is 49.3 Å². The lowest BCUT2D eigenvalue weighted by Gasteiger charge is -2.14. The normalized spacial score (nSPS) is 11.5. The lowest BCUT2D eigenvalue weighted by atomic mass is 10.1. The van der Waals surface area contributed by atoms with Gasteiger partial charge in [0.2, 0.25) is 0 Å². The number of nitrogens with one attached hydrogen (secondary N) is 1. The van der Waals surface area contributed by atoms with Crippen LogP contribution in [0.4, 0.5) is 5.69 Å². The third-order valence-corrected chi connectivity index (χ3v) is 6.67. The third-order valence-electron chi connectivity index (χ3n) is 4.81. The highest BCUT2D eigenvalue weighted by atomic mass is 28.3. The van der Waals surface area contributed by atoms with Crippen molar-refractivity contribution in [3.8, 4) is 0 Å². The Bertz CT molecular complexity index is 494. The van der Waals surface area contributed by atoms with E-state index in [0.29, 0.717) is 5.56 Å². The van der Waals surface area contributed by atoms with Crippen LogP contribution in [0.5, 0.6) is 0 Å². The Hall–Kier alpha value is -1.29. The first-order valence-electron chi connectivity index (χ1n) is 10.5. The standard InChI is InChI=1S/C22H39NO2Si/c1-26(2,3)19-13-11-9-7-5-4-6-8-10-12-18-23-21-16-14-20(15-17-21)22(24)25/h14-17,23H,4-13,18-19H2,1-3H3,(H,24,25). The molecule has 0 bridgehead atoms. The van der Waals surface area contributed by atoms with Crippen LogP contribution in [0.15, 0.2) is 24.3 Å². The fourth-order valence-electron chi connectivity index (χ4n) is 3.16. The van der Waals surface area contributed by atoms with E-state index in [9.17, 15) is 4.79 Å². The molecule has 2 N–H and O–H groups in total. The SMILES string of the molecule is C[Si](C)(C)CCCCCCCCCCCCNc1ccc(C(=O)O)cc1. The molecule has 0 aliphatic heterocycles. The monoisotopic (exact) mass is 377 g/mol. The highest BCUT2D eigenvalue weighted by Gasteiger charge is 2.11. The lowest BCUT2D eigenvalue weighted by Crippen LogP contribution is -2.18. The second-order valence-electron chi connectivity index (χ2n) is 8.66. The molecule has 0 saturated heterocycles. The molecule has 1 rings (SSSR count). The molecular weight excluding hydrogens is 338 g/mol. The summed E-state index contributed by atoms with van der Waals surface area (Å²) >= 11 is 0. The number of benzene rings is 1. The molecule has 0 aromatic heterocycles. The zero-order valence-electron chi connectivity index (χ0n) is 17.2. The number of carboxylic acid groups (broad SMARTS) is 1. The van der Waals surface area contributed by atoms with Gasteiger partial charge >= 0.3 is 5.97 Å². The minimum atomic E-state index is -0.872. The number of unbranched alkanes of at least 4 members (excludes halogenated alkanes) is 9. The second kappa shape index (κ2) is 13.0. The van der Waals surface area contributed by atoms with Gasteiger partial charge in [0.05, 0.1) is 5.56 Å². The van der Waals surface area contributed by atoms with Crippen molar-refractivity contribution in [2.45, 2.75) is 89.9 Å². The molecule has 0 aliphatic carbocycles. The first-order valence-corrected chi connectivity index (χ1v) is 14.2. The maximum Gasteiger partial charge on any atom is 0.335 e. The van der Waals surface area contributed by atoms with Gasteiger partial charge in [-0.1, -0.05) is 83.5 Å². The highest BCUT2D eigenvalue weighted by molar-refractivity contribution is 6.76. The Labute approximate surface area is 161 Å². The Kier molecular flexibility index (Phi) is 11.3. The van der Waals surface area contributed by atoms with Crippen LogP contribution in [0.3, 0.4) is 0 Å². The van der Waals surface area contributed by atoms with Gasteiger partial charge in [-0.25, -0.2) is 4.79 Å². The Morgan fingerprint density at radius 3 is 1.73 bits per heavy atom. The van der Waals surface area contributed by atoms with Crippen LogP contribution in [0.25, 0.3) is 0 Å². The fourth-order valence-corrected chi connectivity index (χ4v) is 4.47. The third kappa shape index (κ3) is 12.1. The van der Waals surface area contributed by atoms with Gasteiger partial charge in [0.25, 0.3) is 0 Å². The van der Waals surface area contributed by atoms with Crippen LogP contribution in [0, 0.1) is 0 Å². The molecule has 0 radical (unpaired) electrons. The number of rotatable bonds is 15. The van der Waals surface area contributed by atoms with Crippen LogP contribution in [-0.4, -0.2) is 25.7 Å². The summed E-state index contributed by atoms with van der Waals surface area (Å²) in [5.74, 6) is -0.872. The van der Waals surface area contributed by atoms with Crippen molar-refractivity contribution in [3.63, 3.8) is 0 Å². The van der Waals surface area contributed by atoms with E-state index < -0.39 is 14.0 Å². The molecule has 0 unspecified atom stereocenters. The molecule has 1 aromatic carbocycles. The first-order chi connectivity index (χ1) is 12.4. The van der Waals surface area contributed by atoms with Gasteiger partial charge in [0.15, 0.2) is 0 Å². The molecule has 0 fully saturated rings. The molecule has 0 saturated carbocycles. The van der Waals surface area contributed by atoms with Crippen LogP contribution in [0.2, 0.25) is 25.7 Å². The van der Waals surface area contributed by atoms with Gasteiger partial charge in [0.1, 0.15) is 0 Å². The summed E-state index contributed by atoms with van der Waals surface area (Å²) in [5.41, 5.74) is 1.34. The van der Waals surface area contributed by atoms with E-state index >= 15 is 0 Å². The minimum absolute atomic E-state index is 0.339. The number of anilines is 1. The molecule has 0 atom stereocenters. The van der Waals surface area contributed by atoms with Crippen molar-refractivity contribution in [2.75, 3.05) is 11.9 Å². The van der Waals surface area contributed by atoms with Gasteiger partial charge in [-0.15, -0.1) is 0 Å². The Morgan fingerprint density at radius 2 is 1.27 bits per heavy atom. The van der Waals surface area contributed by atoms with Crippen molar-refractivity contribution in [1.82, 2.24) is 0 Å². The zero-order valence-corrected chi connectivity index (χ0v) is 18.2. The summed E-state index contributed by atoms with van der Waals surface area (Å²) in [4.78, 5) is 10.8. The lowest BCUT2D eigenvalue weighted by molar-refractivity contribution is 0.0697. The molecule has 4 heteroatoms. The van der Waals surface area contributed by atoms with E-state index in [0.717, 1.165) is 12.2 Å². The molecule has 3 nitrogen and oxygen atoms in total. The molecule has 148 valence electrons. The highest BCUT2D eigenvalue weighted by Crippen LogP contribution is 2.16. The van der Waals surface area contributed by atoms with Gasteiger partial charge in [0, 0.05) is 20.3 Å². The first kappa shape index (κ1) is 22.7. The van der Waals surface area contributed by atoms with E-state index in [1.165, 1.54) is 70.3 Å². The summed E-state index contributed by atoms with van der Waals surface area (Å²) < 4.78 is 0. The molecule has 0 amide bonds. The number of hydrogen-bond donors (Lipinski definition) is 2. The number of aromatic carboxylic acids is 1. The summed E-state index contributed by atoms with van der Waals surface area (Å²) in [5, 5.41) is 12.2. The van der Waals surface area contributed by atoms with Crippen LogP contribution >= 0.6 is 0 Å². The van der Waals surface area contributed by atoms with Crippen molar-refractivity contribution in [1.29, 1.82) is 0 Å². The van der Waals surface area contributed by atoms with Crippen LogP contribution in [-0.2, 0) is 0 Å². The maximum absolute atomic E-state index is 10.8. The molecule has 0 heterocycles. The predicted molar refractivity (Wildman–Crippen MR) is 116 cm³/mol. The largest absolute Gasteiger partial charge is 0.478 e. The molecular formula is C22H39NO2Si. The zero-order chi connectivity index (χ0) is 19.3. The van der Waals surface area contributed by atoms with Crippen molar-refractivity contribution in [2.24, 2.45) is 0 Å². The Balaban J connectivity index is 1.87. The van der Waals surface area contributed by atoms with E-state index in [1.54, 1.807) is 12.1 Å². The molecule has 1 aromatic rings. The maximum atomic E-state index is 10.8. The fraction of sp³-hybridized carbons (Fsp3) is 0.682. The van der Waals surface area contributed by atoms with Crippen LogP contribution in [0.1, 0.15) is 74.6 Å². The van der Waals surface area contributed by atoms with E-state index in [1.807, 2.05) is 12.1 Å². The minimum Gasteiger partial charge on any atom is -0.478 e. The van der Waals surface area contributed by atoms with Gasteiger partial charge in [-0.05, 0) is 30.7 Å². The average molecular weight is 378 g/mol. The smallest absolute Gasteiger partial charge is 0.335 e. The van der Waals surface area contributed by atoms with Gasteiger partial charge in [-0.3, -0.25) is 0 Å². The quantitative estimate of drug-likeness (QED) is 0.255. The summed E-state index contributed by atoms with van der Waals surface area (Å²) in [6.07, 6.45) is 13.7. The van der Waals surface area contributed by atoms with Gasteiger partial charge < -0.3 is 10.4 Å². The van der Waals surface area contributed by atoms with E-state index in [-0.39, 0.29) is 0 Å². The number of carbonyl (C=O) groups is 1. The Morgan fingerprint density at radius 1 is 0.808 bits per heavy atom. The second-order valence-corrected chi connectivity index (χ2v) is 14.3. The molecule has 0 aliphatic rings. The summed E-state index contributed by atoms with van der Waals surface area (Å²) in [6, 6.07) is 8.47. The summed E-state index contributed by atoms with van der Waals surface area (Å²) in [6.45, 7) is 8.37. The average Bonchev–Trinajstić information content (AvgIpc) is 2.58. The van der Waals surface area contributed by atoms with E-state index in [4.69, 9.17) is 5.11 Å². The van der Waals surface area contributed by atoms with Crippen molar-refractivity contribution in [3.05, 3.63) is 29.8 Å². The summed E-state index contributed by atoms with van der Waals surface area (Å²) in [7, 11) is -0.812. The molecule has 0 spiro atoms.